The fourth-order valence-electron chi connectivity index (χ4n) is 5.45. The predicted octanol–water partition coefficient (Wildman–Crippen LogP) is 5.54. The van der Waals surface area contributed by atoms with Crippen molar-refractivity contribution in [2.24, 2.45) is 0 Å². The number of anilines is 1. The zero-order valence-corrected chi connectivity index (χ0v) is 21.1. The number of carbonyl (C=O) groups is 1. The van der Waals surface area contributed by atoms with Crippen molar-refractivity contribution in [1.29, 1.82) is 0 Å². The van der Waals surface area contributed by atoms with E-state index in [0.717, 1.165) is 53.4 Å². The third-order valence-electron chi connectivity index (χ3n) is 7.44. The van der Waals surface area contributed by atoms with Gasteiger partial charge in [-0.2, -0.15) is 10.1 Å². The maximum absolute atomic E-state index is 13.8. The van der Waals surface area contributed by atoms with Gasteiger partial charge in [-0.3, -0.25) is 4.79 Å². The molecule has 0 radical (unpaired) electrons. The summed E-state index contributed by atoms with van der Waals surface area (Å²) in [6.07, 6.45) is 2.81. The van der Waals surface area contributed by atoms with Gasteiger partial charge in [-0.05, 0) is 47.1 Å². The summed E-state index contributed by atoms with van der Waals surface area (Å²) in [6, 6.07) is 14.4. The highest BCUT2D eigenvalue weighted by molar-refractivity contribution is 6.00. The molecule has 186 valence electrons. The monoisotopic (exact) mass is 484 g/mol. The van der Waals surface area contributed by atoms with Crippen molar-refractivity contribution in [3.05, 3.63) is 76.2 Å². The maximum Gasteiger partial charge on any atom is 0.226 e. The zero-order valence-electron chi connectivity index (χ0n) is 21.1. The van der Waals surface area contributed by atoms with Crippen molar-refractivity contribution < 1.29 is 14.3 Å². The minimum atomic E-state index is -0.349. The van der Waals surface area contributed by atoms with Gasteiger partial charge in [0.05, 0.1) is 13.2 Å². The molecule has 2 unspecified atom stereocenters. The Morgan fingerprint density at radius 2 is 1.78 bits per heavy atom. The number of hydrogen-bond donors (Lipinski definition) is 1. The number of rotatable bonds is 4. The summed E-state index contributed by atoms with van der Waals surface area (Å²) in [5, 5.41) is 8.25. The quantitative estimate of drug-likeness (QED) is 0.524. The minimum Gasteiger partial charge on any atom is -0.490 e. The highest BCUT2D eigenvalue weighted by Crippen LogP contribution is 2.45. The number of fused-ring (bicyclic) bond motifs is 2. The first kappa shape index (κ1) is 22.8. The Hall–Kier alpha value is -3.61. The molecule has 1 N–H and O–H groups in total. The average molecular weight is 485 g/mol. The molecule has 0 spiro atoms. The van der Waals surface area contributed by atoms with E-state index >= 15 is 0 Å². The van der Waals surface area contributed by atoms with Gasteiger partial charge in [0.15, 0.2) is 23.1 Å². The number of allylic oxidation sites excluding steroid dienone is 2. The fourth-order valence-corrected chi connectivity index (χ4v) is 5.45. The van der Waals surface area contributed by atoms with Gasteiger partial charge in [0, 0.05) is 30.5 Å². The van der Waals surface area contributed by atoms with E-state index < -0.39 is 0 Å². The van der Waals surface area contributed by atoms with Gasteiger partial charge >= 0.3 is 0 Å². The number of Topliss-reactive ketones (excluding diaryl/α,β-unsaturated/α-hetero) is 1. The molecule has 2 aromatic carbocycles. The van der Waals surface area contributed by atoms with E-state index in [0.29, 0.717) is 31.5 Å². The Kier molecular flexibility index (Phi) is 5.78. The van der Waals surface area contributed by atoms with Crippen molar-refractivity contribution in [3.8, 4) is 11.5 Å². The number of benzene rings is 2. The van der Waals surface area contributed by atoms with Crippen molar-refractivity contribution >= 4 is 11.7 Å². The SMILES string of the molecule is CCc1nc2n(n1)C(c1ccc3c(c1)OCCCO3)C1=C(CC(c3ccc(C(C)C)cc3)CC1=O)N2. The van der Waals surface area contributed by atoms with E-state index in [1.54, 1.807) is 0 Å². The Morgan fingerprint density at radius 1 is 1.03 bits per heavy atom. The lowest BCUT2D eigenvalue weighted by Gasteiger charge is -2.35. The first-order valence-electron chi connectivity index (χ1n) is 13.0. The summed E-state index contributed by atoms with van der Waals surface area (Å²) >= 11 is 0. The van der Waals surface area contributed by atoms with Crippen LogP contribution in [-0.4, -0.2) is 33.8 Å². The summed E-state index contributed by atoms with van der Waals surface area (Å²) in [6.45, 7) is 7.69. The lowest BCUT2D eigenvalue weighted by atomic mass is 9.77. The van der Waals surface area contributed by atoms with Crippen LogP contribution in [0.5, 0.6) is 11.5 Å². The lowest BCUT2D eigenvalue weighted by molar-refractivity contribution is -0.116. The number of ether oxygens (including phenoxy) is 2. The minimum absolute atomic E-state index is 0.134. The Bertz CT molecular complexity index is 1340. The summed E-state index contributed by atoms with van der Waals surface area (Å²) < 4.78 is 13.7. The molecule has 3 heterocycles. The van der Waals surface area contributed by atoms with Crippen LogP contribution in [0.4, 0.5) is 5.95 Å². The van der Waals surface area contributed by atoms with Gasteiger partial charge in [-0.15, -0.1) is 0 Å². The van der Waals surface area contributed by atoms with Gasteiger partial charge in [0.1, 0.15) is 6.04 Å². The lowest BCUT2D eigenvalue weighted by Crippen LogP contribution is -2.33. The standard InChI is InChI=1S/C29H32N4O3/c1-4-26-31-29-30-22-14-21(19-8-6-18(7-9-19)17(2)3)15-23(34)27(22)28(33(29)32-26)20-10-11-24-25(16-20)36-13-5-12-35-24/h6-11,16-17,21,28H,4-5,12-15H2,1-3H3,(H,30,31,32). The van der Waals surface area contributed by atoms with Gasteiger partial charge < -0.3 is 14.8 Å². The second-order valence-electron chi connectivity index (χ2n) is 10.2. The van der Waals surface area contributed by atoms with Crippen molar-refractivity contribution in [2.45, 2.75) is 64.3 Å². The van der Waals surface area contributed by atoms with Crippen LogP contribution in [0.25, 0.3) is 0 Å². The van der Waals surface area contributed by atoms with Gasteiger partial charge in [-0.1, -0.05) is 51.1 Å². The van der Waals surface area contributed by atoms with E-state index in [1.165, 1.54) is 11.1 Å². The normalized spacial score (nSPS) is 21.1. The summed E-state index contributed by atoms with van der Waals surface area (Å²) in [4.78, 5) is 18.5. The molecule has 7 heteroatoms. The van der Waals surface area contributed by atoms with Gasteiger partial charge in [0.2, 0.25) is 5.95 Å². The van der Waals surface area contributed by atoms with E-state index in [9.17, 15) is 4.79 Å². The molecule has 1 aliphatic carbocycles. The number of nitrogens with one attached hydrogen (secondary N) is 1. The number of carbonyl (C=O) groups excluding carboxylic acids is 1. The van der Waals surface area contributed by atoms with Crippen molar-refractivity contribution in [1.82, 2.24) is 14.8 Å². The second-order valence-corrected chi connectivity index (χ2v) is 10.2. The first-order chi connectivity index (χ1) is 17.5. The van der Waals surface area contributed by atoms with Crippen LogP contribution in [-0.2, 0) is 11.2 Å². The molecule has 1 aromatic heterocycles. The molecular formula is C29H32N4O3. The molecule has 36 heavy (non-hydrogen) atoms. The zero-order chi connectivity index (χ0) is 24.8. The molecule has 3 aromatic rings. The van der Waals surface area contributed by atoms with Crippen LogP contribution in [0.15, 0.2) is 53.7 Å². The van der Waals surface area contributed by atoms with Gasteiger partial charge in [0.25, 0.3) is 0 Å². The number of hydrogen-bond acceptors (Lipinski definition) is 6. The molecule has 2 aliphatic heterocycles. The van der Waals surface area contributed by atoms with Crippen molar-refractivity contribution in [3.63, 3.8) is 0 Å². The summed E-state index contributed by atoms with van der Waals surface area (Å²) in [5.41, 5.74) is 5.19. The third-order valence-corrected chi connectivity index (χ3v) is 7.44. The molecule has 0 saturated carbocycles. The van der Waals surface area contributed by atoms with E-state index in [1.807, 2.05) is 29.8 Å². The fraction of sp³-hybridized carbons (Fsp3) is 0.414. The number of ketones is 1. The van der Waals surface area contributed by atoms with E-state index in [-0.39, 0.29) is 17.7 Å². The smallest absolute Gasteiger partial charge is 0.226 e. The predicted molar refractivity (Wildman–Crippen MR) is 138 cm³/mol. The molecule has 3 aliphatic rings. The molecule has 6 rings (SSSR count). The second kappa shape index (κ2) is 9.12. The molecule has 7 nitrogen and oxygen atoms in total. The summed E-state index contributed by atoms with van der Waals surface area (Å²) in [5.74, 6) is 3.67. The van der Waals surface area contributed by atoms with Crippen LogP contribution in [0.1, 0.15) is 80.4 Å². The molecule has 0 amide bonds. The number of nitrogens with zero attached hydrogens (tertiary/aromatic N) is 3. The van der Waals surface area contributed by atoms with Crippen LogP contribution < -0.4 is 14.8 Å². The average Bonchev–Trinajstić information content (AvgIpc) is 3.15. The topological polar surface area (TPSA) is 78.3 Å². The van der Waals surface area contributed by atoms with Crippen LogP contribution >= 0.6 is 0 Å². The van der Waals surface area contributed by atoms with E-state index in [2.05, 4.69) is 43.4 Å². The largest absolute Gasteiger partial charge is 0.490 e. The highest BCUT2D eigenvalue weighted by Gasteiger charge is 2.40. The van der Waals surface area contributed by atoms with Crippen LogP contribution in [0, 0.1) is 0 Å². The number of aryl methyl sites for hydroxylation is 1. The first-order valence-corrected chi connectivity index (χ1v) is 13.0. The van der Waals surface area contributed by atoms with Crippen LogP contribution in [0.3, 0.4) is 0 Å². The van der Waals surface area contributed by atoms with Gasteiger partial charge in [-0.25, -0.2) is 4.68 Å². The Labute approximate surface area is 211 Å². The third kappa shape index (κ3) is 3.96. The van der Waals surface area contributed by atoms with Crippen molar-refractivity contribution in [2.75, 3.05) is 18.5 Å². The molecular weight excluding hydrogens is 452 g/mol. The molecule has 0 saturated heterocycles. The molecule has 0 bridgehead atoms. The molecule has 2 atom stereocenters. The Balaban J connectivity index is 1.41. The highest BCUT2D eigenvalue weighted by atomic mass is 16.5. The number of aromatic nitrogens is 3. The van der Waals surface area contributed by atoms with Crippen LogP contribution in [0.2, 0.25) is 0 Å². The molecule has 0 fully saturated rings. The van der Waals surface area contributed by atoms with E-state index in [4.69, 9.17) is 19.6 Å². The maximum atomic E-state index is 13.8. The Morgan fingerprint density at radius 3 is 2.53 bits per heavy atom. The summed E-state index contributed by atoms with van der Waals surface area (Å²) in [7, 11) is 0.